The Balaban J connectivity index is 1.76. The summed E-state index contributed by atoms with van der Waals surface area (Å²) in [6, 6.07) is 7.38. The van der Waals surface area contributed by atoms with Crippen molar-refractivity contribution in [3.8, 4) is 5.75 Å². The third-order valence-corrected chi connectivity index (χ3v) is 4.50. The van der Waals surface area contributed by atoms with E-state index in [9.17, 15) is 9.59 Å². The molecule has 0 saturated carbocycles. The number of ether oxygens (including phenoxy) is 1. The van der Waals surface area contributed by atoms with Crippen molar-refractivity contribution in [3.05, 3.63) is 24.3 Å². The Labute approximate surface area is 130 Å². The van der Waals surface area contributed by atoms with Crippen LogP contribution in [0.25, 0.3) is 0 Å². The Kier molecular flexibility index (Phi) is 4.05. The molecule has 1 unspecified atom stereocenters. The molecule has 2 aliphatic heterocycles. The smallest absolute Gasteiger partial charge is 0.268 e. The Morgan fingerprint density at radius 2 is 1.91 bits per heavy atom. The number of carbonyl (C=O) groups excluding carboxylic acids is 2. The van der Waals surface area contributed by atoms with Crippen LogP contribution in [-0.2, 0) is 9.59 Å². The second-order valence-electron chi connectivity index (χ2n) is 6.22. The molecule has 118 valence electrons. The molecule has 0 N–H and O–H groups in total. The zero-order chi connectivity index (χ0) is 15.7. The van der Waals surface area contributed by atoms with Crippen LogP contribution in [0.3, 0.4) is 0 Å². The van der Waals surface area contributed by atoms with Crippen molar-refractivity contribution in [2.75, 3.05) is 24.5 Å². The number of rotatable bonds is 2. The molecule has 2 amide bonds. The van der Waals surface area contributed by atoms with Gasteiger partial charge in [-0.25, -0.2) is 0 Å². The average molecular weight is 302 g/mol. The highest BCUT2D eigenvalue weighted by atomic mass is 16.5. The summed E-state index contributed by atoms with van der Waals surface area (Å²) in [4.78, 5) is 28.3. The lowest BCUT2D eigenvalue weighted by molar-refractivity contribution is -0.134. The van der Waals surface area contributed by atoms with Gasteiger partial charge in [0.05, 0.1) is 5.69 Å². The summed E-state index contributed by atoms with van der Waals surface area (Å²) in [7, 11) is 0. The summed E-state index contributed by atoms with van der Waals surface area (Å²) >= 11 is 0. The number of nitrogens with zero attached hydrogens (tertiary/aromatic N) is 2. The van der Waals surface area contributed by atoms with Gasteiger partial charge in [-0.3, -0.25) is 14.5 Å². The lowest BCUT2D eigenvalue weighted by Gasteiger charge is -2.35. The van der Waals surface area contributed by atoms with Gasteiger partial charge in [0, 0.05) is 13.1 Å². The molecule has 0 aliphatic carbocycles. The normalized spacial score (nSPS) is 22.3. The zero-order valence-corrected chi connectivity index (χ0v) is 13.1. The van der Waals surface area contributed by atoms with E-state index in [1.165, 1.54) is 0 Å². The van der Waals surface area contributed by atoms with E-state index in [4.69, 9.17) is 4.74 Å². The number of piperidine rings is 1. The number of para-hydroxylation sites is 2. The molecule has 1 fully saturated rings. The number of carbonyl (C=O) groups is 2. The molecule has 1 atom stereocenters. The largest absolute Gasteiger partial charge is 0.479 e. The molecule has 0 spiro atoms. The van der Waals surface area contributed by atoms with Crippen LogP contribution in [0.4, 0.5) is 5.69 Å². The minimum atomic E-state index is -0.552. The van der Waals surface area contributed by atoms with Crippen molar-refractivity contribution in [1.82, 2.24) is 4.90 Å². The first-order valence-corrected chi connectivity index (χ1v) is 7.91. The Morgan fingerprint density at radius 3 is 2.64 bits per heavy atom. The number of fused-ring (bicyclic) bond motifs is 1. The van der Waals surface area contributed by atoms with Crippen LogP contribution in [0.2, 0.25) is 0 Å². The zero-order valence-electron chi connectivity index (χ0n) is 13.1. The van der Waals surface area contributed by atoms with Crippen molar-refractivity contribution < 1.29 is 14.3 Å². The number of hydrogen-bond donors (Lipinski definition) is 0. The lowest BCUT2D eigenvalue weighted by Crippen LogP contribution is -2.50. The van der Waals surface area contributed by atoms with Crippen molar-refractivity contribution in [3.63, 3.8) is 0 Å². The van der Waals surface area contributed by atoms with Gasteiger partial charge in [-0.2, -0.15) is 0 Å². The standard InChI is InChI=1S/C17H22N2O3/c1-12-7-9-18(10-8-12)16(20)11-19-14-5-3-4-6-15(14)22-13(2)17(19)21/h3-6,12-13H,7-11H2,1-2H3. The summed E-state index contributed by atoms with van der Waals surface area (Å²) < 4.78 is 5.60. The predicted octanol–water partition coefficient (Wildman–Crippen LogP) is 2.06. The third-order valence-electron chi connectivity index (χ3n) is 4.50. The minimum absolute atomic E-state index is 0.0177. The van der Waals surface area contributed by atoms with Crippen LogP contribution < -0.4 is 9.64 Å². The molecule has 1 aromatic rings. The highest BCUT2D eigenvalue weighted by molar-refractivity contribution is 6.03. The summed E-state index contributed by atoms with van der Waals surface area (Å²) in [5, 5.41) is 0. The van der Waals surface area contributed by atoms with E-state index < -0.39 is 6.10 Å². The molecular formula is C17H22N2O3. The van der Waals surface area contributed by atoms with Gasteiger partial charge in [-0.1, -0.05) is 19.1 Å². The fourth-order valence-electron chi connectivity index (χ4n) is 3.02. The number of amides is 2. The molecule has 3 rings (SSSR count). The molecule has 2 aliphatic rings. The number of benzene rings is 1. The number of likely N-dealkylation sites (tertiary alicyclic amines) is 1. The maximum absolute atomic E-state index is 12.5. The van der Waals surface area contributed by atoms with E-state index in [0.29, 0.717) is 17.4 Å². The highest BCUT2D eigenvalue weighted by Gasteiger charge is 2.33. The maximum atomic E-state index is 12.5. The lowest BCUT2D eigenvalue weighted by atomic mass is 9.99. The van der Waals surface area contributed by atoms with E-state index in [0.717, 1.165) is 25.9 Å². The molecule has 5 nitrogen and oxygen atoms in total. The molecule has 1 aromatic carbocycles. The van der Waals surface area contributed by atoms with Gasteiger partial charge in [0.2, 0.25) is 5.91 Å². The van der Waals surface area contributed by atoms with Gasteiger partial charge in [0.15, 0.2) is 6.10 Å². The molecule has 22 heavy (non-hydrogen) atoms. The van der Waals surface area contributed by atoms with Crippen LogP contribution in [0.1, 0.15) is 26.7 Å². The van der Waals surface area contributed by atoms with E-state index in [-0.39, 0.29) is 18.4 Å². The van der Waals surface area contributed by atoms with Crippen LogP contribution in [0.15, 0.2) is 24.3 Å². The highest BCUT2D eigenvalue weighted by Crippen LogP contribution is 2.33. The molecule has 0 aromatic heterocycles. The molecule has 1 saturated heterocycles. The summed E-state index contributed by atoms with van der Waals surface area (Å²) in [6.45, 7) is 5.60. The molecule has 0 bridgehead atoms. The van der Waals surface area contributed by atoms with Crippen molar-refractivity contribution in [1.29, 1.82) is 0 Å². The average Bonchev–Trinajstić information content (AvgIpc) is 2.52. The van der Waals surface area contributed by atoms with Crippen LogP contribution in [0, 0.1) is 5.92 Å². The topological polar surface area (TPSA) is 49.9 Å². The summed E-state index contributed by atoms with van der Waals surface area (Å²) in [6.07, 6.45) is 1.52. The van der Waals surface area contributed by atoms with Gasteiger partial charge in [-0.05, 0) is 37.8 Å². The van der Waals surface area contributed by atoms with E-state index >= 15 is 0 Å². The predicted molar refractivity (Wildman–Crippen MR) is 83.9 cm³/mol. The van der Waals surface area contributed by atoms with E-state index in [1.54, 1.807) is 11.8 Å². The second-order valence-corrected chi connectivity index (χ2v) is 6.22. The van der Waals surface area contributed by atoms with E-state index in [1.807, 2.05) is 29.2 Å². The summed E-state index contributed by atoms with van der Waals surface area (Å²) in [5.74, 6) is 1.20. The SMILES string of the molecule is CC1CCN(C(=O)CN2C(=O)C(C)Oc3ccccc32)CC1. The first-order valence-electron chi connectivity index (χ1n) is 7.91. The Bertz CT molecular complexity index is 579. The molecule has 0 radical (unpaired) electrons. The fourth-order valence-corrected chi connectivity index (χ4v) is 3.02. The summed E-state index contributed by atoms with van der Waals surface area (Å²) in [5.41, 5.74) is 0.685. The Hall–Kier alpha value is -2.04. The van der Waals surface area contributed by atoms with Gasteiger partial charge in [-0.15, -0.1) is 0 Å². The van der Waals surface area contributed by atoms with Gasteiger partial charge >= 0.3 is 0 Å². The quantitative estimate of drug-likeness (QED) is 0.840. The van der Waals surface area contributed by atoms with Crippen molar-refractivity contribution in [2.24, 2.45) is 5.92 Å². The molecule has 5 heteroatoms. The number of hydrogen-bond acceptors (Lipinski definition) is 3. The van der Waals surface area contributed by atoms with Crippen LogP contribution in [-0.4, -0.2) is 42.5 Å². The molecular weight excluding hydrogens is 280 g/mol. The van der Waals surface area contributed by atoms with Crippen molar-refractivity contribution >= 4 is 17.5 Å². The van der Waals surface area contributed by atoms with Gasteiger partial charge < -0.3 is 9.64 Å². The van der Waals surface area contributed by atoms with Gasteiger partial charge in [0.25, 0.3) is 5.91 Å². The number of anilines is 1. The Morgan fingerprint density at radius 1 is 1.23 bits per heavy atom. The molecule has 2 heterocycles. The van der Waals surface area contributed by atoms with Gasteiger partial charge in [0.1, 0.15) is 12.3 Å². The van der Waals surface area contributed by atoms with Crippen LogP contribution >= 0.6 is 0 Å². The first kappa shape index (κ1) is 14.9. The first-order chi connectivity index (χ1) is 10.6. The second kappa shape index (κ2) is 5.99. The minimum Gasteiger partial charge on any atom is -0.479 e. The fraction of sp³-hybridized carbons (Fsp3) is 0.529. The van der Waals surface area contributed by atoms with E-state index in [2.05, 4.69) is 6.92 Å². The van der Waals surface area contributed by atoms with Crippen molar-refractivity contribution in [2.45, 2.75) is 32.8 Å². The van der Waals surface area contributed by atoms with Crippen LogP contribution in [0.5, 0.6) is 5.75 Å². The maximum Gasteiger partial charge on any atom is 0.268 e. The monoisotopic (exact) mass is 302 g/mol. The third kappa shape index (κ3) is 2.80.